The summed E-state index contributed by atoms with van der Waals surface area (Å²) in [5.41, 5.74) is 0. The minimum absolute atomic E-state index is 0.363. The van der Waals surface area contributed by atoms with Gasteiger partial charge in [-0.3, -0.25) is 0 Å². The van der Waals surface area contributed by atoms with Crippen LogP contribution in [0.3, 0.4) is 0 Å². The molecule has 2 aromatic carbocycles. The summed E-state index contributed by atoms with van der Waals surface area (Å²) in [6.45, 7) is 8.58. The number of ether oxygens (including phenoxy) is 2. The summed E-state index contributed by atoms with van der Waals surface area (Å²) in [5, 5.41) is 2.92. The Balaban J connectivity index is 1.51. The van der Waals surface area contributed by atoms with E-state index in [1.165, 1.54) is 222 Å². The molecular weight excluding hydrogens is 688 g/mol. The maximum Gasteiger partial charge on any atom is 0.119 e. The molecule has 0 saturated heterocycles. The molecule has 0 aliphatic carbocycles. The first kappa shape index (κ1) is 49.6. The van der Waals surface area contributed by atoms with Crippen LogP contribution in [0.15, 0.2) is 48.5 Å². The average Bonchev–Trinajstić information content (AvgIpc) is 3.21. The van der Waals surface area contributed by atoms with Crippen molar-refractivity contribution in [2.24, 2.45) is 0 Å². The Morgan fingerprint density at radius 2 is 0.527 bits per heavy atom. The van der Waals surface area contributed by atoms with E-state index in [0.717, 1.165) is 37.6 Å². The van der Waals surface area contributed by atoms with Crippen LogP contribution in [0.2, 0.25) is 0 Å². The van der Waals surface area contributed by atoms with Gasteiger partial charge in [-0.1, -0.05) is 244 Å². The van der Waals surface area contributed by atoms with Crippen molar-refractivity contribution >= 4 is 18.5 Å². The smallest absolute Gasteiger partial charge is 0.119 e. The molecule has 0 spiro atoms. The molecule has 0 bridgehead atoms. The minimum Gasteiger partial charge on any atom is -0.494 e. The predicted octanol–water partition coefficient (Wildman–Crippen LogP) is 17.2. The van der Waals surface area contributed by atoms with Crippen molar-refractivity contribution in [3.63, 3.8) is 0 Å². The Bertz CT molecular complexity index is 969. The van der Waals surface area contributed by atoms with Crippen molar-refractivity contribution in [3.8, 4) is 11.5 Å². The van der Waals surface area contributed by atoms with E-state index in [-0.39, 0.29) is 7.92 Å². The monoisotopic (exact) mass is 779 g/mol. The number of rotatable bonds is 41. The Hall–Kier alpha value is -1.53. The SMILES string of the molecule is CCCCCCCCCCCCCCCCCCOc1ccc(P(CCCC)c2ccc(OCCCCCCCCCCCCCCCCCC)cc2)cc1. The summed E-state index contributed by atoms with van der Waals surface area (Å²) in [4.78, 5) is 0. The van der Waals surface area contributed by atoms with E-state index in [1.807, 2.05) is 0 Å². The van der Waals surface area contributed by atoms with Crippen LogP contribution in [0.4, 0.5) is 0 Å². The fourth-order valence-corrected chi connectivity index (χ4v) is 10.3. The molecule has 3 heteroatoms. The van der Waals surface area contributed by atoms with Gasteiger partial charge >= 0.3 is 0 Å². The van der Waals surface area contributed by atoms with Crippen molar-refractivity contribution in [1.82, 2.24) is 0 Å². The van der Waals surface area contributed by atoms with E-state index in [9.17, 15) is 0 Å². The summed E-state index contributed by atoms with van der Waals surface area (Å²) < 4.78 is 12.3. The van der Waals surface area contributed by atoms with Crippen LogP contribution < -0.4 is 20.1 Å². The van der Waals surface area contributed by atoms with Crippen molar-refractivity contribution in [3.05, 3.63) is 48.5 Å². The third-order valence-electron chi connectivity index (χ3n) is 11.6. The van der Waals surface area contributed by atoms with E-state index >= 15 is 0 Å². The van der Waals surface area contributed by atoms with Gasteiger partial charge in [0.2, 0.25) is 0 Å². The first-order chi connectivity index (χ1) is 27.3. The van der Waals surface area contributed by atoms with Gasteiger partial charge in [0, 0.05) is 0 Å². The molecule has 0 N–H and O–H groups in total. The number of hydrogen-bond donors (Lipinski definition) is 0. The van der Waals surface area contributed by atoms with Gasteiger partial charge in [-0.05, 0) is 68.2 Å². The second kappa shape index (κ2) is 38.0. The maximum atomic E-state index is 6.16. The molecule has 0 aliphatic heterocycles. The highest BCUT2D eigenvalue weighted by Gasteiger charge is 2.14. The number of benzene rings is 2. The molecule has 0 aliphatic rings. The second-order valence-electron chi connectivity index (χ2n) is 16.8. The summed E-state index contributed by atoms with van der Waals surface area (Å²) in [5.74, 6) is 2.04. The van der Waals surface area contributed by atoms with Crippen LogP contribution in [0.5, 0.6) is 11.5 Å². The fraction of sp³-hybridized carbons (Fsp3) is 0.769. The lowest BCUT2D eigenvalue weighted by Crippen LogP contribution is -2.14. The zero-order valence-electron chi connectivity index (χ0n) is 37.0. The molecular formula is C52H91O2P. The molecule has 0 saturated carbocycles. The summed E-state index contributed by atoms with van der Waals surface area (Å²) in [6.07, 6.45) is 48.6. The van der Waals surface area contributed by atoms with Gasteiger partial charge in [-0.2, -0.15) is 0 Å². The van der Waals surface area contributed by atoms with E-state index in [1.54, 1.807) is 0 Å². The zero-order valence-corrected chi connectivity index (χ0v) is 37.9. The van der Waals surface area contributed by atoms with E-state index in [4.69, 9.17) is 9.47 Å². The van der Waals surface area contributed by atoms with Gasteiger partial charge in [0.25, 0.3) is 0 Å². The van der Waals surface area contributed by atoms with Gasteiger partial charge in [-0.15, -0.1) is 0 Å². The van der Waals surface area contributed by atoms with Crippen LogP contribution in [-0.4, -0.2) is 19.4 Å². The Morgan fingerprint density at radius 1 is 0.291 bits per heavy atom. The normalized spacial score (nSPS) is 11.5. The van der Waals surface area contributed by atoms with Crippen LogP contribution in [0.1, 0.15) is 239 Å². The molecule has 55 heavy (non-hydrogen) atoms. The second-order valence-corrected chi connectivity index (χ2v) is 19.1. The summed E-state index contributed by atoms with van der Waals surface area (Å²) in [6, 6.07) is 18.1. The highest BCUT2D eigenvalue weighted by Crippen LogP contribution is 2.36. The molecule has 0 fully saturated rings. The Morgan fingerprint density at radius 3 is 0.782 bits per heavy atom. The number of unbranched alkanes of at least 4 members (excludes halogenated alkanes) is 31. The molecule has 2 rings (SSSR count). The molecule has 0 atom stereocenters. The van der Waals surface area contributed by atoms with E-state index in [0.29, 0.717) is 0 Å². The molecule has 0 unspecified atom stereocenters. The fourth-order valence-electron chi connectivity index (χ4n) is 7.85. The van der Waals surface area contributed by atoms with E-state index < -0.39 is 0 Å². The highest BCUT2D eigenvalue weighted by atomic mass is 31.1. The average molecular weight is 779 g/mol. The molecule has 2 nitrogen and oxygen atoms in total. The van der Waals surface area contributed by atoms with Crippen molar-refractivity contribution in [1.29, 1.82) is 0 Å². The van der Waals surface area contributed by atoms with Crippen LogP contribution in [-0.2, 0) is 0 Å². The summed E-state index contributed by atoms with van der Waals surface area (Å²) >= 11 is 0. The third-order valence-corrected chi connectivity index (χ3v) is 14.2. The lowest BCUT2D eigenvalue weighted by Gasteiger charge is -2.19. The molecule has 0 amide bonds. The lowest BCUT2D eigenvalue weighted by molar-refractivity contribution is 0.304. The minimum atomic E-state index is -0.363. The maximum absolute atomic E-state index is 6.16. The van der Waals surface area contributed by atoms with Gasteiger partial charge in [-0.25, -0.2) is 0 Å². The van der Waals surface area contributed by atoms with Crippen LogP contribution >= 0.6 is 7.92 Å². The summed E-state index contributed by atoms with van der Waals surface area (Å²) in [7, 11) is -0.363. The molecule has 316 valence electrons. The van der Waals surface area contributed by atoms with Crippen LogP contribution in [0, 0.1) is 0 Å². The molecule has 0 heterocycles. The zero-order chi connectivity index (χ0) is 39.1. The standard InChI is InChI=1S/C52H91O2P/c1-4-7-10-12-14-16-18-20-22-24-26-28-30-32-34-36-46-53-49-38-42-51(43-39-49)55(48-9-6-3)52-44-40-50(41-45-52)54-47-37-35-33-31-29-27-25-23-21-19-17-15-13-11-8-5-2/h38-45H,4-37,46-48H2,1-3H3. The van der Waals surface area contributed by atoms with Gasteiger partial charge < -0.3 is 9.47 Å². The van der Waals surface area contributed by atoms with Gasteiger partial charge in [0.1, 0.15) is 11.5 Å². The first-order valence-electron chi connectivity index (χ1n) is 24.5. The van der Waals surface area contributed by atoms with Crippen molar-refractivity contribution < 1.29 is 9.47 Å². The largest absolute Gasteiger partial charge is 0.494 e. The Labute approximate surface area is 345 Å². The van der Waals surface area contributed by atoms with Crippen molar-refractivity contribution in [2.45, 2.75) is 239 Å². The van der Waals surface area contributed by atoms with Crippen molar-refractivity contribution in [2.75, 3.05) is 19.4 Å². The first-order valence-corrected chi connectivity index (χ1v) is 26.0. The predicted molar refractivity (Wildman–Crippen MR) is 249 cm³/mol. The lowest BCUT2D eigenvalue weighted by atomic mass is 10.0. The van der Waals surface area contributed by atoms with E-state index in [2.05, 4.69) is 69.3 Å². The highest BCUT2D eigenvalue weighted by molar-refractivity contribution is 7.73. The van der Waals surface area contributed by atoms with Crippen LogP contribution in [0.25, 0.3) is 0 Å². The van der Waals surface area contributed by atoms with Gasteiger partial charge in [0.05, 0.1) is 13.2 Å². The molecule has 2 aromatic rings. The molecule has 0 radical (unpaired) electrons. The quantitative estimate of drug-likeness (QED) is 0.0494. The third kappa shape index (κ3) is 28.5. The number of hydrogen-bond acceptors (Lipinski definition) is 2. The Kier molecular flexibility index (Phi) is 34.3. The van der Waals surface area contributed by atoms with Gasteiger partial charge in [0.15, 0.2) is 0 Å². The molecule has 0 aromatic heterocycles. The topological polar surface area (TPSA) is 18.5 Å².